The Bertz CT molecular complexity index is 3590. The highest BCUT2D eigenvalue weighted by atomic mass is 32.1. The lowest BCUT2D eigenvalue weighted by Gasteiger charge is -2.48. The van der Waals surface area contributed by atoms with Crippen LogP contribution in [-0.4, -0.2) is 183 Å². The molecule has 8 atom stereocenters. The van der Waals surface area contributed by atoms with E-state index >= 15 is 0 Å². The number of nitrogens with two attached hydrogens (primary N) is 2. The molecule has 3 saturated heterocycles. The maximum Gasteiger partial charge on any atom is 0.417 e. The summed E-state index contributed by atoms with van der Waals surface area (Å²) in [6.07, 6.45) is -0.605. The average Bonchev–Trinajstić information content (AvgIpc) is 0.866. The smallest absolute Gasteiger partial charge is 0.417 e. The third kappa shape index (κ3) is 16.6. The number of nitrogens with one attached hydrogen (secondary N) is 4. The number of aromatic hydroxyl groups is 1. The number of likely N-dealkylation sites (tertiary alicyclic amines) is 2. The Hall–Kier alpha value is -8.76. The molecule has 4 aliphatic heterocycles. The third-order valence-electron chi connectivity index (χ3n) is 18.2. The summed E-state index contributed by atoms with van der Waals surface area (Å²) < 4.78 is 18.2. The van der Waals surface area contributed by atoms with E-state index < -0.39 is 60.3 Å². The van der Waals surface area contributed by atoms with Gasteiger partial charge in [-0.1, -0.05) is 94.4 Å². The van der Waals surface area contributed by atoms with E-state index in [0.717, 1.165) is 60.7 Å². The number of carbonyl (C=O) groups is 6. The van der Waals surface area contributed by atoms with Crippen LogP contribution in [0.3, 0.4) is 0 Å². The summed E-state index contributed by atoms with van der Waals surface area (Å²) in [6.45, 7) is 17.1. The molecule has 26 nitrogen and oxygen atoms in total. The molecule has 4 aliphatic rings. The van der Waals surface area contributed by atoms with Crippen LogP contribution in [0.1, 0.15) is 107 Å². The van der Waals surface area contributed by atoms with Gasteiger partial charge in [-0.2, -0.15) is 0 Å². The van der Waals surface area contributed by atoms with Crippen LogP contribution in [-0.2, 0) is 23.9 Å². The van der Waals surface area contributed by atoms with Crippen molar-refractivity contribution in [3.8, 4) is 33.3 Å². The molecule has 0 bridgehead atoms. The molecule has 7 heterocycles. The number of benzene rings is 3. The van der Waals surface area contributed by atoms with Crippen molar-refractivity contribution < 1.29 is 53.0 Å². The molecule has 6 aromatic rings. The zero-order valence-corrected chi connectivity index (χ0v) is 54.9. The molecule has 0 spiro atoms. The van der Waals surface area contributed by atoms with Gasteiger partial charge in [-0.15, -0.1) is 21.5 Å². The summed E-state index contributed by atoms with van der Waals surface area (Å²) in [5.41, 5.74) is 18.2. The second-order valence-corrected chi connectivity index (χ2v) is 26.4. The second-order valence-electron chi connectivity index (χ2n) is 25.6. The topological polar surface area (TPSA) is 342 Å². The Kier molecular flexibility index (Phi) is 22.5. The molecule has 10 rings (SSSR count). The molecule has 1 unspecified atom stereocenters. The highest BCUT2D eigenvalue weighted by molar-refractivity contribution is 7.13. The molecular formula is C67H87N15O11S. The number of phenols is 1. The Morgan fingerprint density at radius 3 is 2.27 bits per heavy atom. The predicted molar refractivity (Wildman–Crippen MR) is 353 cm³/mol. The van der Waals surface area contributed by atoms with E-state index in [1.54, 1.807) is 85.8 Å². The second kappa shape index (κ2) is 31.0. The van der Waals surface area contributed by atoms with Crippen molar-refractivity contribution in [2.24, 2.45) is 29.2 Å². The standard InChI is InChI=1S/C67H87N15O11S/c1-39(2)57(65(88)81-37-48(83)31-53(81)62(86)72-41(5)44-18-20-45(21-19-44)59-42(6)71-38-94-59)55-33-56(77-93-55)91-30-29-78-25-22-43(23-26-78)34-79-27-28-80-47(35-79)36-82(60-52(80)32-51(75-76-60)49-15-10-11-17-54(49)84)67(90)92-64(46-13-8-7-9-14-46)74-61(85)50(16-12-24-70-66(69)89)73-63(87)58(68)40(3)4/h7-11,13-15,17-21,32-33,38-41,43,47-48,50,53,57-58,64,83-84H,12,16,22-31,34-37,68H2,1-6H3,(H,72,86)(H,73,87)(H,74,85)(H3,69,70,89)/t41-,47+,48+,50-,53-,57+,58-,64?/m0/s1. The summed E-state index contributed by atoms with van der Waals surface area (Å²) >= 11 is 1.58. The predicted octanol–water partition coefficient (Wildman–Crippen LogP) is 5.82. The van der Waals surface area contributed by atoms with E-state index in [0.29, 0.717) is 60.4 Å². The van der Waals surface area contributed by atoms with Crippen LogP contribution in [0.15, 0.2) is 101 Å². The van der Waals surface area contributed by atoms with Crippen molar-refractivity contribution in [3.05, 3.63) is 119 Å². The first-order valence-corrected chi connectivity index (χ1v) is 33.3. The number of hydrogen-bond donors (Lipinski definition) is 8. The lowest BCUT2D eigenvalue weighted by molar-refractivity contribution is -0.141. The molecule has 10 N–H and O–H groups in total. The van der Waals surface area contributed by atoms with Crippen LogP contribution >= 0.6 is 11.3 Å². The first-order valence-electron chi connectivity index (χ1n) is 32.4. The zero-order valence-electron chi connectivity index (χ0n) is 54.1. The number of anilines is 2. The van der Waals surface area contributed by atoms with Crippen LogP contribution in [0, 0.1) is 24.7 Å². The number of phenolic OH excluding ortho intramolecular Hbond substituents is 1. The largest absolute Gasteiger partial charge is 0.507 e. The van der Waals surface area contributed by atoms with Gasteiger partial charge in [0, 0.05) is 69.4 Å². The van der Waals surface area contributed by atoms with Gasteiger partial charge in [-0.05, 0) is 105 Å². The quantitative estimate of drug-likeness (QED) is 0.0247. The lowest BCUT2D eigenvalue weighted by atomic mass is 9.91. The number of aromatic nitrogens is 4. The van der Waals surface area contributed by atoms with Gasteiger partial charge < -0.3 is 66.7 Å². The van der Waals surface area contributed by atoms with E-state index in [1.807, 2.05) is 63.5 Å². The number of primary amides is 1. The number of piperazine rings is 1. The Morgan fingerprint density at radius 2 is 1.56 bits per heavy atom. The van der Waals surface area contributed by atoms with Crippen LogP contribution in [0.2, 0.25) is 0 Å². The number of aliphatic hydroxyl groups excluding tert-OH is 1. The first kappa shape index (κ1) is 68.1. The fourth-order valence-corrected chi connectivity index (χ4v) is 13.6. The number of nitrogens with zero attached hydrogens (tertiary/aromatic N) is 9. The third-order valence-corrected chi connectivity index (χ3v) is 19.1. The van der Waals surface area contributed by atoms with Crippen molar-refractivity contribution in [1.29, 1.82) is 0 Å². The number of fused-ring (bicyclic) bond motifs is 3. The fourth-order valence-electron chi connectivity index (χ4n) is 12.8. The first-order chi connectivity index (χ1) is 45.2. The number of aryl methyl sites for hydroxylation is 1. The number of β-amino-alcohol motifs (C(OH)–C–C–N with tert-alkyl or cyclic N) is 1. The van der Waals surface area contributed by atoms with Crippen LogP contribution in [0.25, 0.3) is 21.7 Å². The monoisotopic (exact) mass is 1310 g/mol. The average molecular weight is 1310 g/mol. The van der Waals surface area contributed by atoms with Crippen molar-refractivity contribution in [1.82, 2.24) is 56.3 Å². The number of aliphatic hydroxyl groups is 1. The molecular weight excluding hydrogens is 1220 g/mol. The number of thiazole rings is 1. The van der Waals surface area contributed by atoms with Crippen LogP contribution in [0.5, 0.6) is 11.6 Å². The molecule has 502 valence electrons. The van der Waals surface area contributed by atoms with Gasteiger partial charge in [-0.25, -0.2) is 14.6 Å². The maximum absolute atomic E-state index is 14.8. The van der Waals surface area contributed by atoms with E-state index in [9.17, 15) is 39.0 Å². The number of piperidine rings is 1. The number of amides is 7. The number of para-hydroxylation sites is 1. The lowest BCUT2D eigenvalue weighted by Crippen LogP contribution is -2.61. The van der Waals surface area contributed by atoms with E-state index in [-0.39, 0.29) is 92.1 Å². The minimum absolute atomic E-state index is 0.0154. The Balaban J connectivity index is 0.742. The van der Waals surface area contributed by atoms with Gasteiger partial charge in [0.05, 0.1) is 58.2 Å². The van der Waals surface area contributed by atoms with Crippen molar-refractivity contribution in [3.63, 3.8) is 0 Å². The highest BCUT2D eigenvalue weighted by Crippen LogP contribution is 2.40. The number of rotatable bonds is 25. The maximum atomic E-state index is 14.8. The molecule has 0 radical (unpaired) electrons. The van der Waals surface area contributed by atoms with Gasteiger partial charge in [0.2, 0.25) is 29.9 Å². The SMILES string of the molecule is Cc1ncsc1-c1ccc([C@H](C)NC(=O)[C@@H]2C[C@@H](O)CN2C(=O)[C@@H](c2cc(OCCN3CCC(CN4CCN5c6cc(-c7ccccc7O)nnc6N(C(=O)OC(NC(=O)[C@H](CCCNC(N)=O)NC(=O)[C@@H](N)C(C)C)c6ccccc6)C[C@H]5C4)CC3)no2)C(C)C)cc1. The molecule has 3 aromatic carbocycles. The number of ether oxygens (including phenoxy) is 2. The minimum atomic E-state index is -1.33. The van der Waals surface area contributed by atoms with Crippen LogP contribution in [0.4, 0.5) is 21.1 Å². The van der Waals surface area contributed by atoms with Gasteiger partial charge in [0.1, 0.15) is 30.4 Å². The zero-order chi connectivity index (χ0) is 66.7. The molecule has 0 saturated carbocycles. The summed E-state index contributed by atoms with van der Waals surface area (Å²) in [5.74, 6) is -1.85. The van der Waals surface area contributed by atoms with Gasteiger partial charge in [0.15, 0.2) is 11.6 Å². The molecule has 0 aliphatic carbocycles. The summed E-state index contributed by atoms with van der Waals surface area (Å²) in [5, 5.41) is 46.2. The summed E-state index contributed by atoms with van der Waals surface area (Å²) in [7, 11) is 0. The van der Waals surface area contributed by atoms with E-state index in [1.165, 1.54) is 9.80 Å². The molecule has 27 heteroatoms. The highest BCUT2D eigenvalue weighted by Gasteiger charge is 2.45. The van der Waals surface area contributed by atoms with Crippen molar-refractivity contribution >= 4 is 58.6 Å². The van der Waals surface area contributed by atoms with Gasteiger partial charge in [-0.3, -0.25) is 33.9 Å². The van der Waals surface area contributed by atoms with Gasteiger partial charge >= 0.3 is 12.1 Å². The van der Waals surface area contributed by atoms with E-state index in [4.69, 9.17) is 25.5 Å². The van der Waals surface area contributed by atoms with E-state index in [2.05, 4.69) is 56.3 Å². The number of urea groups is 1. The molecule has 94 heavy (non-hydrogen) atoms. The normalized spacial score (nSPS) is 19.3. The molecule has 3 fully saturated rings. The fraction of sp³-hybridized carbons (Fsp3) is 0.493. The number of carbonyl (C=O) groups excluding carboxylic acids is 6. The Labute approximate surface area is 551 Å². The van der Waals surface area contributed by atoms with Crippen molar-refractivity contribution in [2.75, 3.05) is 81.9 Å². The summed E-state index contributed by atoms with van der Waals surface area (Å²) in [6, 6.07) is 22.8. The summed E-state index contributed by atoms with van der Waals surface area (Å²) in [4.78, 5) is 97.5. The van der Waals surface area contributed by atoms with Crippen LogP contribution < -0.4 is 47.3 Å². The van der Waals surface area contributed by atoms with Crippen molar-refractivity contribution in [2.45, 2.75) is 122 Å². The molecule has 3 aromatic heterocycles. The number of hydrogen-bond acceptors (Lipinski definition) is 20. The van der Waals surface area contributed by atoms with Gasteiger partial charge in [0.25, 0.3) is 5.88 Å². The minimum Gasteiger partial charge on any atom is -0.507 e. The molecule has 7 amide bonds. The Morgan fingerprint density at radius 1 is 0.819 bits per heavy atom.